The Bertz CT molecular complexity index is 357. The van der Waals surface area contributed by atoms with Crippen LogP contribution in [0, 0.1) is 0 Å². The molecule has 6 heteroatoms. The first kappa shape index (κ1) is 14.0. The summed E-state index contributed by atoms with van der Waals surface area (Å²) in [5.74, 6) is -1.09. The molecule has 0 amide bonds. The summed E-state index contributed by atoms with van der Waals surface area (Å²) in [5, 5.41) is 17.9. The van der Waals surface area contributed by atoms with Crippen LogP contribution in [0.3, 0.4) is 0 Å². The Balaban J connectivity index is 0.00000196. The van der Waals surface area contributed by atoms with Gasteiger partial charge in [-0.25, -0.2) is 0 Å². The highest BCUT2D eigenvalue weighted by Gasteiger charge is 2.12. The van der Waals surface area contributed by atoms with Gasteiger partial charge in [-0.2, -0.15) is 0 Å². The Labute approximate surface area is 98.1 Å². The molecule has 1 atom stereocenters. The molecular weight excluding hydrogens is 241 g/mol. The van der Waals surface area contributed by atoms with Crippen molar-refractivity contribution in [2.75, 3.05) is 0 Å². The number of hydrogen-bond acceptors (Lipinski definition) is 3. The molecule has 84 valence electrons. The van der Waals surface area contributed by atoms with Crippen LogP contribution in [0.4, 0.5) is 0 Å². The second-order valence-corrected chi connectivity index (χ2v) is 3.34. The summed E-state index contributed by atoms with van der Waals surface area (Å²) >= 11 is 5.64. The lowest BCUT2D eigenvalue weighted by Gasteiger charge is -2.06. The monoisotopic (exact) mass is 251 g/mol. The van der Waals surface area contributed by atoms with Crippen LogP contribution in [-0.2, 0) is 11.2 Å². The molecular formula is C9H11Cl2NO3. The molecule has 4 N–H and O–H groups in total. The first-order valence-electron chi connectivity index (χ1n) is 3.96. The molecule has 0 aromatic heterocycles. The molecule has 1 unspecified atom stereocenters. The molecule has 0 radical (unpaired) electrons. The maximum absolute atomic E-state index is 10.4. The molecule has 1 aromatic carbocycles. The first-order chi connectivity index (χ1) is 6.50. The van der Waals surface area contributed by atoms with Gasteiger partial charge in [0.05, 0.1) is 5.02 Å². The maximum Gasteiger partial charge on any atom is 0.320 e. The number of benzene rings is 1. The Morgan fingerprint density at radius 1 is 1.53 bits per heavy atom. The molecule has 0 aliphatic heterocycles. The van der Waals surface area contributed by atoms with Crippen LogP contribution in [0.25, 0.3) is 0 Å². The largest absolute Gasteiger partial charge is 0.506 e. The van der Waals surface area contributed by atoms with Crippen molar-refractivity contribution >= 4 is 30.0 Å². The average Bonchev–Trinajstić information content (AvgIpc) is 2.11. The number of aliphatic carboxylic acids is 1. The molecule has 0 aliphatic rings. The van der Waals surface area contributed by atoms with E-state index in [1.165, 1.54) is 12.1 Å². The third kappa shape index (κ3) is 3.95. The van der Waals surface area contributed by atoms with Gasteiger partial charge in [0.2, 0.25) is 0 Å². The number of halogens is 2. The highest BCUT2D eigenvalue weighted by molar-refractivity contribution is 6.32. The number of hydrogen-bond donors (Lipinski definition) is 3. The van der Waals surface area contributed by atoms with Gasteiger partial charge in [0.1, 0.15) is 11.8 Å². The van der Waals surface area contributed by atoms with E-state index >= 15 is 0 Å². The summed E-state index contributed by atoms with van der Waals surface area (Å²) < 4.78 is 0. The van der Waals surface area contributed by atoms with Gasteiger partial charge < -0.3 is 15.9 Å². The normalized spacial score (nSPS) is 11.6. The van der Waals surface area contributed by atoms with Gasteiger partial charge in [-0.1, -0.05) is 17.7 Å². The summed E-state index contributed by atoms with van der Waals surface area (Å²) in [5.41, 5.74) is 6.01. The molecule has 0 heterocycles. The molecule has 0 aliphatic carbocycles. The van der Waals surface area contributed by atoms with Crippen LogP contribution in [0.2, 0.25) is 5.02 Å². The average molecular weight is 252 g/mol. The Kier molecular flexibility index (Phi) is 5.43. The Hall–Kier alpha value is -0.970. The number of rotatable bonds is 3. The standard InChI is InChI=1S/C9H10ClNO3.ClH/c10-6-3-5(1-2-8(6)12)4-7(11)9(13)14;/h1-3,7,12H,4,11H2,(H,13,14);1H. The van der Waals surface area contributed by atoms with Gasteiger partial charge in [0.25, 0.3) is 0 Å². The Morgan fingerprint density at radius 2 is 2.13 bits per heavy atom. The molecule has 0 spiro atoms. The molecule has 1 rings (SSSR count). The molecule has 4 nitrogen and oxygen atoms in total. The van der Waals surface area contributed by atoms with Crippen molar-refractivity contribution in [1.82, 2.24) is 0 Å². The van der Waals surface area contributed by atoms with Crippen LogP contribution in [0.5, 0.6) is 5.75 Å². The Morgan fingerprint density at radius 3 is 2.60 bits per heavy atom. The van der Waals surface area contributed by atoms with E-state index in [9.17, 15) is 4.79 Å². The fourth-order valence-electron chi connectivity index (χ4n) is 1.02. The van der Waals surface area contributed by atoms with E-state index in [-0.39, 0.29) is 29.6 Å². The minimum atomic E-state index is -1.06. The zero-order chi connectivity index (χ0) is 10.7. The highest BCUT2D eigenvalue weighted by atomic mass is 35.5. The predicted octanol–water partition coefficient (Wildman–Crippen LogP) is 1.42. The summed E-state index contributed by atoms with van der Waals surface area (Å²) in [6, 6.07) is 3.55. The van der Waals surface area contributed by atoms with Gasteiger partial charge >= 0.3 is 5.97 Å². The van der Waals surface area contributed by atoms with Crippen molar-refractivity contribution in [3.63, 3.8) is 0 Å². The molecule has 0 saturated heterocycles. The van der Waals surface area contributed by atoms with E-state index < -0.39 is 12.0 Å². The quantitative estimate of drug-likeness (QED) is 0.759. The zero-order valence-electron chi connectivity index (χ0n) is 7.68. The maximum atomic E-state index is 10.4. The summed E-state index contributed by atoms with van der Waals surface area (Å²) in [7, 11) is 0. The van der Waals surface area contributed by atoms with Crippen molar-refractivity contribution in [3.8, 4) is 5.75 Å². The van der Waals surface area contributed by atoms with E-state index in [0.717, 1.165) is 0 Å². The van der Waals surface area contributed by atoms with Crippen LogP contribution in [0.15, 0.2) is 18.2 Å². The van der Waals surface area contributed by atoms with E-state index in [1.807, 2.05) is 0 Å². The topological polar surface area (TPSA) is 83.5 Å². The molecule has 0 bridgehead atoms. The number of carboxylic acid groups (broad SMARTS) is 1. The van der Waals surface area contributed by atoms with E-state index in [0.29, 0.717) is 5.56 Å². The lowest BCUT2D eigenvalue weighted by Crippen LogP contribution is -2.32. The predicted molar refractivity (Wildman–Crippen MR) is 59.7 cm³/mol. The van der Waals surface area contributed by atoms with Crippen molar-refractivity contribution < 1.29 is 15.0 Å². The van der Waals surface area contributed by atoms with Crippen LogP contribution >= 0.6 is 24.0 Å². The summed E-state index contributed by atoms with van der Waals surface area (Å²) in [6.45, 7) is 0. The fraction of sp³-hybridized carbons (Fsp3) is 0.222. The zero-order valence-corrected chi connectivity index (χ0v) is 9.26. The van der Waals surface area contributed by atoms with Gasteiger partial charge in [0.15, 0.2) is 0 Å². The fourth-order valence-corrected chi connectivity index (χ4v) is 1.22. The van der Waals surface area contributed by atoms with Crippen molar-refractivity contribution in [1.29, 1.82) is 0 Å². The number of phenols is 1. The number of aromatic hydroxyl groups is 1. The smallest absolute Gasteiger partial charge is 0.320 e. The SMILES string of the molecule is Cl.NC(Cc1ccc(O)c(Cl)c1)C(=O)O. The van der Waals surface area contributed by atoms with Crippen molar-refractivity contribution in [2.24, 2.45) is 5.73 Å². The first-order valence-corrected chi connectivity index (χ1v) is 4.34. The minimum absolute atomic E-state index is 0. The van der Waals surface area contributed by atoms with Crippen molar-refractivity contribution in [3.05, 3.63) is 28.8 Å². The van der Waals surface area contributed by atoms with Crippen LogP contribution in [-0.4, -0.2) is 22.2 Å². The second-order valence-electron chi connectivity index (χ2n) is 2.93. The molecule has 1 aromatic rings. The van der Waals surface area contributed by atoms with Gasteiger partial charge in [-0.3, -0.25) is 4.79 Å². The van der Waals surface area contributed by atoms with E-state index in [4.69, 9.17) is 27.5 Å². The van der Waals surface area contributed by atoms with Gasteiger partial charge in [0, 0.05) is 0 Å². The number of nitrogens with two attached hydrogens (primary N) is 1. The van der Waals surface area contributed by atoms with Gasteiger partial charge in [-0.15, -0.1) is 12.4 Å². The third-order valence-electron chi connectivity index (χ3n) is 1.78. The lowest BCUT2D eigenvalue weighted by molar-refractivity contribution is -0.138. The number of phenolic OH excluding ortho intramolecular Hbond substituents is 1. The summed E-state index contributed by atoms with van der Waals surface area (Å²) in [4.78, 5) is 10.4. The number of carbonyl (C=O) groups is 1. The van der Waals surface area contributed by atoms with Gasteiger partial charge in [-0.05, 0) is 24.1 Å². The second kappa shape index (κ2) is 5.80. The number of carboxylic acids is 1. The van der Waals surface area contributed by atoms with Crippen LogP contribution in [0.1, 0.15) is 5.56 Å². The summed E-state index contributed by atoms with van der Waals surface area (Å²) in [6.07, 6.45) is 0.190. The highest BCUT2D eigenvalue weighted by Crippen LogP contribution is 2.23. The molecule has 0 fully saturated rings. The lowest BCUT2D eigenvalue weighted by atomic mass is 10.1. The molecule has 15 heavy (non-hydrogen) atoms. The van der Waals surface area contributed by atoms with E-state index in [1.54, 1.807) is 6.07 Å². The van der Waals surface area contributed by atoms with Crippen molar-refractivity contribution in [2.45, 2.75) is 12.5 Å². The van der Waals surface area contributed by atoms with E-state index in [2.05, 4.69) is 0 Å². The molecule has 0 saturated carbocycles. The third-order valence-corrected chi connectivity index (χ3v) is 2.09. The minimum Gasteiger partial charge on any atom is -0.506 e. The van der Waals surface area contributed by atoms with Crippen LogP contribution < -0.4 is 5.73 Å².